The van der Waals surface area contributed by atoms with E-state index in [1.165, 1.54) is 27.1 Å². The summed E-state index contributed by atoms with van der Waals surface area (Å²) in [5, 5.41) is 1.50. The summed E-state index contributed by atoms with van der Waals surface area (Å²) in [5.41, 5.74) is 5.76. The van der Waals surface area contributed by atoms with Gasteiger partial charge in [0.05, 0.1) is 17.7 Å². The van der Waals surface area contributed by atoms with E-state index in [0.29, 0.717) is 6.61 Å². The van der Waals surface area contributed by atoms with Crippen LogP contribution >= 0.6 is 23.1 Å². The molecule has 2 aromatic heterocycles. The lowest BCUT2D eigenvalue weighted by Gasteiger charge is -2.26. The van der Waals surface area contributed by atoms with Crippen LogP contribution in [0.25, 0.3) is 15.9 Å². The Morgan fingerprint density at radius 1 is 0.974 bits per heavy atom. The van der Waals surface area contributed by atoms with Crippen molar-refractivity contribution in [3.8, 4) is 11.4 Å². The predicted molar refractivity (Wildman–Crippen MR) is 161 cm³/mol. The third-order valence-electron chi connectivity index (χ3n) is 7.07. The Balaban J connectivity index is 1.38. The highest BCUT2D eigenvalue weighted by Crippen LogP contribution is 2.35. The van der Waals surface area contributed by atoms with Crippen molar-refractivity contribution in [3.05, 3.63) is 116 Å². The monoisotopic (exact) mass is 553 g/mol. The number of rotatable bonds is 8. The number of aryl methyl sites for hydroxylation is 1. The van der Waals surface area contributed by atoms with Gasteiger partial charge in [-0.1, -0.05) is 71.9 Å². The molecule has 0 aliphatic carbocycles. The average molecular weight is 554 g/mol. The van der Waals surface area contributed by atoms with Gasteiger partial charge >= 0.3 is 0 Å². The molecule has 5 aromatic rings. The van der Waals surface area contributed by atoms with Gasteiger partial charge in [-0.3, -0.25) is 14.3 Å². The zero-order chi connectivity index (χ0) is 26.8. The lowest BCUT2D eigenvalue weighted by atomic mass is 10.0. The highest BCUT2D eigenvalue weighted by Gasteiger charge is 2.26. The van der Waals surface area contributed by atoms with Crippen LogP contribution in [0.2, 0.25) is 0 Å². The molecule has 5 nitrogen and oxygen atoms in total. The molecule has 0 bridgehead atoms. The van der Waals surface area contributed by atoms with Crippen LogP contribution in [0, 0.1) is 6.92 Å². The van der Waals surface area contributed by atoms with E-state index in [0.717, 1.165) is 58.6 Å². The molecule has 3 aromatic carbocycles. The molecule has 0 unspecified atom stereocenters. The number of fused-ring (bicyclic) bond motifs is 3. The van der Waals surface area contributed by atoms with Crippen molar-refractivity contribution in [2.24, 2.45) is 0 Å². The number of nitrogens with zero attached hydrogens (tertiary/aromatic N) is 3. The summed E-state index contributed by atoms with van der Waals surface area (Å²) >= 11 is 3.29. The minimum atomic E-state index is 0.0181. The third kappa shape index (κ3) is 5.53. The Labute approximate surface area is 237 Å². The molecule has 0 saturated carbocycles. The Kier molecular flexibility index (Phi) is 7.55. The fourth-order valence-electron chi connectivity index (χ4n) is 5.07. The van der Waals surface area contributed by atoms with Gasteiger partial charge in [-0.15, -0.1) is 11.3 Å². The first-order chi connectivity index (χ1) is 19.1. The number of benzene rings is 3. The number of hydrogen-bond donors (Lipinski definition) is 0. The summed E-state index contributed by atoms with van der Waals surface area (Å²) < 4.78 is 7.44. The lowest BCUT2D eigenvalue weighted by molar-refractivity contribution is 0.249. The Bertz CT molecular complexity index is 1640. The second-order valence-electron chi connectivity index (χ2n) is 9.87. The second-order valence-corrected chi connectivity index (χ2v) is 11.9. The second kappa shape index (κ2) is 11.4. The van der Waals surface area contributed by atoms with Crippen LogP contribution in [0.5, 0.6) is 5.75 Å². The zero-order valence-corrected chi connectivity index (χ0v) is 23.9. The summed E-state index contributed by atoms with van der Waals surface area (Å²) in [6.07, 6.45) is 0.859. The largest absolute Gasteiger partial charge is 0.494 e. The molecular formula is C32H31N3O2S2. The number of ether oxygens (including phenoxy) is 1. The molecule has 198 valence electrons. The van der Waals surface area contributed by atoms with Crippen LogP contribution in [-0.4, -0.2) is 27.6 Å². The maximum atomic E-state index is 14.2. The number of aromatic nitrogens is 2. The van der Waals surface area contributed by atoms with Crippen LogP contribution in [-0.2, 0) is 25.3 Å². The molecule has 7 heteroatoms. The Morgan fingerprint density at radius 3 is 2.49 bits per heavy atom. The van der Waals surface area contributed by atoms with E-state index < -0.39 is 0 Å². The van der Waals surface area contributed by atoms with Gasteiger partial charge < -0.3 is 4.74 Å². The standard InChI is InChI=1S/C32H31N3O2S2/c1-3-37-26-15-13-25(14-16-26)35-31(36)29-27-17-18-34(19-23-7-5-4-6-8-23)20-28(27)39-30(29)33-32(35)38-21-24-11-9-22(2)10-12-24/h4-16H,3,17-21H2,1-2H3. The smallest absolute Gasteiger partial charge is 0.267 e. The topological polar surface area (TPSA) is 47.4 Å². The van der Waals surface area contributed by atoms with Gasteiger partial charge in [0.15, 0.2) is 5.16 Å². The number of thioether (sulfide) groups is 1. The molecule has 0 N–H and O–H groups in total. The molecule has 1 aliphatic rings. The van der Waals surface area contributed by atoms with Gasteiger partial charge in [-0.25, -0.2) is 4.98 Å². The van der Waals surface area contributed by atoms with Gasteiger partial charge in [-0.05, 0) is 61.2 Å². The maximum absolute atomic E-state index is 14.2. The summed E-state index contributed by atoms with van der Waals surface area (Å²) in [7, 11) is 0. The molecular weight excluding hydrogens is 523 g/mol. The van der Waals surface area contributed by atoms with Gasteiger partial charge in [0, 0.05) is 30.3 Å². The van der Waals surface area contributed by atoms with Crippen molar-refractivity contribution in [1.29, 1.82) is 0 Å². The molecule has 0 amide bonds. The van der Waals surface area contributed by atoms with E-state index in [1.54, 1.807) is 27.7 Å². The highest BCUT2D eigenvalue weighted by atomic mass is 32.2. The quantitative estimate of drug-likeness (QED) is 0.153. The van der Waals surface area contributed by atoms with Gasteiger partial charge in [0.25, 0.3) is 5.56 Å². The normalized spacial score (nSPS) is 13.5. The van der Waals surface area contributed by atoms with Crippen LogP contribution in [0.15, 0.2) is 88.8 Å². The summed E-state index contributed by atoms with van der Waals surface area (Å²) in [5.74, 6) is 1.54. The van der Waals surface area contributed by atoms with E-state index in [4.69, 9.17) is 9.72 Å². The van der Waals surface area contributed by atoms with Crippen molar-refractivity contribution >= 4 is 33.3 Å². The minimum Gasteiger partial charge on any atom is -0.494 e. The average Bonchev–Trinajstić information content (AvgIpc) is 3.32. The van der Waals surface area contributed by atoms with Crippen LogP contribution in [0.3, 0.4) is 0 Å². The van der Waals surface area contributed by atoms with Crippen molar-refractivity contribution in [1.82, 2.24) is 14.5 Å². The molecule has 6 rings (SSSR count). The molecule has 1 aliphatic heterocycles. The summed E-state index contributed by atoms with van der Waals surface area (Å²) in [6.45, 7) is 7.36. The first-order valence-corrected chi connectivity index (χ1v) is 15.1. The van der Waals surface area contributed by atoms with Crippen molar-refractivity contribution in [2.45, 2.75) is 44.3 Å². The molecule has 0 spiro atoms. The molecule has 0 fully saturated rings. The third-order valence-corrected chi connectivity index (χ3v) is 9.19. The van der Waals surface area contributed by atoms with Gasteiger partial charge in [-0.2, -0.15) is 0 Å². The van der Waals surface area contributed by atoms with E-state index in [2.05, 4.69) is 66.4 Å². The van der Waals surface area contributed by atoms with Gasteiger partial charge in [0.2, 0.25) is 0 Å². The van der Waals surface area contributed by atoms with Crippen molar-refractivity contribution in [3.63, 3.8) is 0 Å². The predicted octanol–water partition coefficient (Wildman–Crippen LogP) is 7.00. The molecule has 0 atom stereocenters. The van der Waals surface area contributed by atoms with Gasteiger partial charge in [0.1, 0.15) is 10.6 Å². The Morgan fingerprint density at radius 2 is 1.74 bits per heavy atom. The summed E-state index contributed by atoms with van der Waals surface area (Å²) in [6, 6.07) is 26.9. The fraction of sp³-hybridized carbons (Fsp3) is 0.250. The van der Waals surface area contributed by atoms with Crippen LogP contribution in [0.1, 0.15) is 34.1 Å². The highest BCUT2D eigenvalue weighted by molar-refractivity contribution is 7.98. The zero-order valence-electron chi connectivity index (χ0n) is 22.2. The summed E-state index contributed by atoms with van der Waals surface area (Å²) in [4.78, 5) is 23.9. The first kappa shape index (κ1) is 25.9. The molecule has 3 heterocycles. The first-order valence-electron chi connectivity index (χ1n) is 13.3. The number of thiophene rings is 1. The van der Waals surface area contributed by atoms with E-state index in [9.17, 15) is 4.79 Å². The van der Waals surface area contributed by atoms with E-state index >= 15 is 0 Å². The lowest BCUT2D eigenvalue weighted by Crippen LogP contribution is -2.30. The van der Waals surface area contributed by atoms with Crippen molar-refractivity contribution in [2.75, 3.05) is 13.2 Å². The minimum absolute atomic E-state index is 0.0181. The molecule has 39 heavy (non-hydrogen) atoms. The van der Waals surface area contributed by atoms with Crippen LogP contribution in [0.4, 0.5) is 0 Å². The number of hydrogen-bond acceptors (Lipinski definition) is 6. The fourth-order valence-corrected chi connectivity index (χ4v) is 7.34. The van der Waals surface area contributed by atoms with E-state index in [-0.39, 0.29) is 5.56 Å². The SMILES string of the molecule is CCOc1ccc(-n2c(SCc3ccc(C)cc3)nc3sc4c(c3c2=O)CCN(Cc2ccccc2)C4)cc1. The van der Waals surface area contributed by atoms with E-state index in [1.807, 2.05) is 31.2 Å². The van der Waals surface area contributed by atoms with Crippen molar-refractivity contribution < 1.29 is 4.74 Å². The molecule has 0 radical (unpaired) electrons. The Hall–Kier alpha value is -3.39. The molecule has 0 saturated heterocycles. The maximum Gasteiger partial charge on any atom is 0.267 e. The van der Waals surface area contributed by atoms with Crippen LogP contribution < -0.4 is 10.3 Å².